The third kappa shape index (κ3) is 2.51. The SMILES string of the molecule is Nc1ccc(NC(=O)c2cccc3nccnc23)cc1F. The van der Waals surface area contributed by atoms with Crippen LogP contribution in [0, 0.1) is 5.82 Å². The maximum absolute atomic E-state index is 13.4. The van der Waals surface area contributed by atoms with E-state index in [4.69, 9.17) is 5.73 Å². The fraction of sp³-hybridized carbons (Fsp3) is 0. The second-order valence-electron chi connectivity index (χ2n) is 4.42. The number of nitrogens with zero attached hydrogens (tertiary/aromatic N) is 2. The Morgan fingerprint density at radius 3 is 2.76 bits per heavy atom. The summed E-state index contributed by atoms with van der Waals surface area (Å²) in [6, 6.07) is 9.22. The fourth-order valence-electron chi connectivity index (χ4n) is 1.98. The number of nitrogen functional groups attached to an aromatic ring is 1. The van der Waals surface area contributed by atoms with Crippen molar-refractivity contribution in [3.8, 4) is 0 Å². The van der Waals surface area contributed by atoms with Gasteiger partial charge in [0, 0.05) is 18.1 Å². The number of hydrogen-bond donors (Lipinski definition) is 2. The van der Waals surface area contributed by atoms with Crippen molar-refractivity contribution in [2.75, 3.05) is 11.1 Å². The average molecular weight is 282 g/mol. The van der Waals surface area contributed by atoms with Crippen molar-refractivity contribution >= 4 is 28.3 Å². The van der Waals surface area contributed by atoms with Gasteiger partial charge in [0.2, 0.25) is 0 Å². The van der Waals surface area contributed by atoms with Gasteiger partial charge in [-0.2, -0.15) is 0 Å². The highest BCUT2D eigenvalue weighted by Gasteiger charge is 2.12. The molecule has 0 unspecified atom stereocenters. The number of fused-ring (bicyclic) bond motifs is 1. The predicted octanol–water partition coefficient (Wildman–Crippen LogP) is 2.60. The number of carbonyl (C=O) groups is 1. The second kappa shape index (κ2) is 5.16. The number of anilines is 2. The van der Waals surface area contributed by atoms with E-state index in [1.165, 1.54) is 24.4 Å². The molecule has 0 aliphatic rings. The molecule has 1 heterocycles. The number of carbonyl (C=O) groups excluding carboxylic acids is 1. The predicted molar refractivity (Wildman–Crippen MR) is 78.3 cm³/mol. The third-order valence-corrected chi connectivity index (χ3v) is 3.00. The molecule has 0 aliphatic carbocycles. The molecule has 5 nitrogen and oxygen atoms in total. The molecule has 0 spiro atoms. The van der Waals surface area contributed by atoms with Crippen LogP contribution in [0.4, 0.5) is 15.8 Å². The van der Waals surface area contributed by atoms with Crippen molar-refractivity contribution in [1.82, 2.24) is 9.97 Å². The Balaban J connectivity index is 1.95. The minimum absolute atomic E-state index is 0.0315. The van der Waals surface area contributed by atoms with Crippen LogP contribution in [0.15, 0.2) is 48.8 Å². The van der Waals surface area contributed by atoms with Crippen LogP contribution in [0.3, 0.4) is 0 Å². The molecule has 21 heavy (non-hydrogen) atoms. The zero-order valence-corrected chi connectivity index (χ0v) is 10.9. The first-order valence-electron chi connectivity index (χ1n) is 6.21. The smallest absolute Gasteiger partial charge is 0.257 e. The Kier molecular flexibility index (Phi) is 3.19. The van der Waals surface area contributed by atoms with Gasteiger partial charge < -0.3 is 11.1 Å². The Bertz CT molecular complexity index is 830. The lowest BCUT2D eigenvalue weighted by molar-refractivity contribution is 0.102. The van der Waals surface area contributed by atoms with Crippen LogP contribution in [-0.4, -0.2) is 15.9 Å². The number of halogens is 1. The summed E-state index contributed by atoms with van der Waals surface area (Å²) < 4.78 is 13.4. The summed E-state index contributed by atoms with van der Waals surface area (Å²) in [6.45, 7) is 0. The van der Waals surface area contributed by atoms with Gasteiger partial charge in [0.05, 0.1) is 16.8 Å². The molecule has 3 N–H and O–H groups in total. The summed E-state index contributed by atoms with van der Waals surface area (Å²) in [5.74, 6) is -0.962. The Hall–Kier alpha value is -3.02. The van der Waals surface area contributed by atoms with Gasteiger partial charge >= 0.3 is 0 Å². The monoisotopic (exact) mass is 282 g/mol. The number of amides is 1. The number of hydrogen-bond acceptors (Lipinski definition) is 4. The molecule has 0 saturated carbocycles. The summed E-state index contributed by atoms with van der Waals surface area (Å²) in [6.07, 6.45) is 3.07. The van der Waals surface area contributed by atoms with Crippen LogP contribution in [0.25, 0.3) is 11.0 Å². The van der Waals surface area contributed by atoms with Gasteiger partial charge in [-0.3, -0.25) is 14.8 Å². The molecule has 2 aromatic carbocycles. The summed E-state index contributed by atoms with van der Waals surface area (Å²) in [5.41, 5.74) is 7.24. The molecule has 104 valence electrons. The first-order valence-corrected chi connectivity index (χ1v) is 6.21. The van der Waals surface area contributed by atoms with Crippen LogP contribution in [0.1, 0.15) is 10.4 Å². The summed E-state index contributed by atoms with van der Waals surface area (Å²) >= 11 is 0. The van der Waals surface area contributed by atoms with E-state index in [1.54, 1.807) is 24.4 Å². The topological polar surface area (TPSA) is 80.9 Å². The van der Waals surface area contributed by atoms with Crippen LogP contribution in [-0.2, 0) is 0 Å². The van der Waals surface area contributed by atoms with Gasteiger partial charge in [-0.15, -0.1) is 0 Å². The lowest BCUT2D eigenvalue weighted by Crippen LogP contribution is -2.13. The minimum Gasteiger partial charge on any atom is -0.396 e. The zero-order valence-electron chi connectivity index (χ0n) is 10.9. The number of para-hydroxylation sites is 1. The molecule has 3 rings (SSSR count). The molecule has 3 aromatic rings. The van der Waals surface area contributed by atoms with E-state index in [-0.39, 0.29) is 11.6 Å². The average Bonchev–Trinajstić information content (AvgIpc) is 2.50. The molecule has 0 fully saturated rings. The third-order valence-electron chi connectivity index (χ3n) is 3.00. The first kappa shape index (κ1) is 13.0. The molecule has 1 aromatic heterocycles. The minimum atomic E-state index is -0.578. The van der Waals surface area contributed by atoms with Crippen molar-refractivity contribution < 1.29 is 9.18 Å². The molecule has 6 heteroatoms. The largest absolute Gasteiger partial charge is 0.396 e. The Labute approximate surface area is 119 Å². The molecule has 1 amide bonds. The van der Waals surface area contributed by atoms with Crippen LogP contribution < -0.4 is 11.1 Å². The van der Waals surface area contributed by atoms with E-state index in [9.17, 15) is 9.18 Å². The van der Waals surface area contributed by atoms with Gasteiger partial charge in [-0.05, 0) is 30.3 Å². The number of nitrogens with two attached hydrogens (primary N) is 1. The molecule has 0 saturated heterocycles. The fourth-order valence-corrected chi connectivity index (χ4v) is 1.98. The van der Waals surface area contributed by atoms with Gasteiger partial charge in [-0.25, -0.2) is 4.39 Å². The molecular formula is C15H11FN4O. The number of nitrogens with one attached hydrogen (secondary N) is 1. The van der Waals surface area contributed by atoms with E-state index in [0.717, 1.165) is 0 Å². The molecular weight excluding hydrogens is 271 g/mol. The second-order valence-corrected chi connectivity index (χ2v) is 4.42. The highest BCUT2D eigenvalue weighted by molar-refractivity contribution is 6.11. The van der Waals surface area contributed by atoms with Gasteiger partial charge in [-0.1, -0.05) is 6.07 Å². The molecule has 0 atom stereocenters. The summed E-state index contributed by atoms with van der Waals surface area (Å²) in [4.78, 5) is 20.6. The Morgan fingerprint density at radius 1 is 1.14 bits per heavy atom. The molecule has 0 aliphatic heterocycles. The Morgan fingerprint density at radius 2 is 1.95 bits per heavy atom. The van der Waals surface area contributed by atoms with Gasteiger partial charge in [0.1, 0.15) is 11.3 Å². The van der Waals surface area contributed by atoms with E-state index >= 15 is 0 Å². The van der Waals surface area contributed by atoms with Crippen molar-refractivity contribution in [2.24, 2.45) is 0 Å². The standard InChI is InChI=1S/C15H11FN4O/c16-11-8-9(4-5-12(11)17)20-15(21)10-2-1-3-13-14(10)19-7-6-18-13/h1-8H,17H2,(H,20,21). The first-order chi connectivity index (χ1) is 10.1. The lowest BCUT2D eigenvalue weighted by atomic mass is 10.1. The van der Waals surface area contributed by atoms with Crippen molar-refractivity contribution in [1.29, 1.82) is 0 Å². The number of benzene rings is 2. The lowest BCUT2D eigenvalue weighted by Gasteiger charge is -2.08. The number of aromatic nitrogens is 2. The highest BCUT2D eigenvalue weighted by atomic mass is 19.1. The highest BCUT2D eigenvalue weighted by Crippen LogP contribution is 2.19. The molecule has 0 radical (unpaired) electrons. The van der Waals surface area contributed by atoms with Crippen LogP contribution in [0.5, 0.6) is 0 Å². The van der Waals surface area contributed by atoms with Crippen molar-refractivity contribution in [2.45, 2.75) is 0 Å². The van der Waals surface area contributed by atoms with Crippen molar-refractivity contribution in [3.05, 3.63) is 60.2 Å². The normalized spacial score (nSPS) is 10.5. The van der Waals surface area contributed by atoms with Crippen LogP contribution >= 0.6 is 0 Å². The van der Waals surface area contributed by atoms with E-state index in [2.05, 4.69) is 15.3 Å². The van der Waals surface area contributed by atoms with Gasteiger partial charge in [0.25, 0.3) is 5.91 Å². The maximum atomic E-state index is 13.4. The summed E-state index contributed by atoms with van der Waals surface area (Å²) in [7, 11) is 0. The summed E-state index contributed by atoms with van der Waals surface area (Å²) in [5, 5.41) is 2.62. The van der Waals surface area contributed by atoms with Gasteiger partial charge in [0.15, 0.2) is 0 Å². The van der Waals surface area contributed by atoms with Crippen LogP contribution in [0.2, 0.25) is 0 Å². The van der Waals surface area contributed by atoms with E-state index in [0.29, 0.717) is 22.3 Å². The maximum Gasteiger partial charge on any atom is 0.257 e. The number of rotatable bonds is 2. The zero-order chi connectivity index (χ0) is 14.8. The quantitative estimate of drug-likeness (QED) is 0.708. The van der Waals surface area contributed by atoms with Crippen molar-refractivity contribution in [3.63, 3.8) is 0 Å². The molecule has 0 bridgehead atoms. The van der Waals surface area contributed by atoms with E-state index < -0.39 is 5.82 Å². The van der Waals surface area contributed by atoms with E-state index in [1.807, 2.05) is 0 Å².